The number of hydrogen-bond donors (Lipinski definition) is 5. The Kier molecular flexibility index (Phi) is 6.01. The number of nitrogens with one attached hydrogen (secondary N) is 3. The second kappa shape index (κ2) is 9.02. The number of ether oxygens (including phenoxy) is 1. The van der Waals surface area contributed by atoms with E-state index in [2.05, 4.69) is 20.9 Å². The number of aliphatic imine (C=N–C) groups is 1. The summed E-state index contributed by atoms with van der Waals surface area (Å²) in [5, 5.41) is 34.1. The fourth-order valence-corrected chi connectivity index (χ4v) is 3.35. The van der Waals surface area contributed by atoms with Gasteiger partial charge in [-0.25, -0.2) is 5.01 Å². The molecule has 0 saturated heterocycles. The molecule has 31 heavy (non-hydrogen) atoms. The third kappa shape index (κ3) is 4.44. The number of carbonyl (C=O) groups excluding carboxylic acids is 1. The summed E-state index contributed by atoms with van der Waals surface area (Å²) >= 11 is 0. The second-order valence-corrected chi connectivity index (χ2v) is 7.13. The lowest BCUT2D eigenvalue weighted by Crippen LogP contribution is -2.47. The number of hydrazone groups is 1. The van der Waals surface area contributed by atoms with Crippen LogP contribution in [0.4, 0.5) is 0 Å². The van der Waals surface area contributed by atoms with Crippen molar-refractivity contribution in [3.05, 3.63) is 65.8 Å². The van der Waals surface area contributed by atoms with E-state index in [4.69, 9.17) is 14.9 Å². The SMILES string of the molecule is CC1=C(C(=O)NC2C=NC=CN2)N2N=C(c3ccccc3OC[C@H](O)CO)C=CC2N1. The van der Waals surface area contributed by atoms with Crippen molar-refractivity contribution in [1.29, 1.82) is 0 Å². The number of benzene rings is 1. The first-order valence-electron chi connectivity index (χ1n) is 9.86. The first-order valence-corrected chi connectivity index (χ1v) is 9.86. The Bertz CT molecular complexity index is 999. The van der Waals surface area contributed by atoms with E-state index < -0.39 is 12.3 Å². The number of para-hydroxylation sites is 1. The Morgan fingerprint density at radius 2 is 2.23 bits per heavy atom. The summed E-state index contributed by atoms with van der Waals surface area (Å²) in [5.74, 6) is 0.228. The highest BCUT2D eigenvalue weighted by Gasteiger charge is 2.35. The zero-order valence-electron chi connectivity index (χ0n) is 16.9. The van der Waals surface area contributed by atoms with Crippen LogP contribution < -0.4 is 20.7 Å². The first-order chi connectivity index (χ1) is 15.1. The number of amides is 1. The topological polar surface area (TPSA) is 131 Å². The first kappa shape index (κ1) is 20.6. The predicted octanol–water partition coefficient (Wildman–Crippen LogP) is -0.257. The van der Waals surface area contributed by atoms with Gasteiger partial charge in [-0.05, 0) is 31.2 Å². The molecule has 0 saturated carbocycles. The van der Waals surface area contributed by atoms with Gasteiger partial charge in [0.2, 0.25) is 0 Å². The lowest BCUT2D eigenvalue weighted by molar-refractivity contribution is -0.119. The Morgan fingerprint density at radius 3 is 3.00 bits per heavy atom. The van der Waals surface area contributed by atoms with Crippen molar-refractivity contribution in [3.8, 4) is 5.75 Å². The molecule has 10 heteroatoms. The molecule has 3 aliphatic heterocycles. The molecule has 3 atom stereocenters. The van der Waals surface area contributed by atoms with Crippen LogP contribution in [0.15, 0.2) is 70.3 Å². The maximum absolute atomic E-state index is 13.0. The van der Waals surface area contributed by atoms with Gasteiger partial charge in [0.05, 0.1) is 12.3 Å². The van der Waals surface area contributed by atoms with Crippen LogP contribution in [0.3, 0.4) is 0 Å². The Balaban J connectivity index is 1.56. The third-order valence-corrected chi connectivity index (χ3v) is 4.84. The highest BCUT2D eigenvalue weighted by atomic mass is 16.5. The molecule has 2 unspecified atom stereocenters. The number of rotatable bonds is 7. The number of nitrogens with zero attached hydrogens (tertiary/aromatic N) is 3. The monoisotopic (exact) mass is 424 g/mol. The van der Waals surface area contributed by atoms with Crippen LogP contribution in [0.2, 0.25) is 0 Å². The second-order valence-electron chi connectivity index (χ2n) is 7.13. The van der Waals surface area contributed by atoms with Crippen molar-refractivity contribution in [2.75, 3.05) is 13.2 Å². The molecule has 4 rings (SSSR count). The predicted molar refractivity (Wildman–Crippen MR) is 115 cm³/mol. The van der Waals surface area contributed by atoms with Crippen molar-refractivity contribution in [2.45, 2.75) is 25.4 Å². The average Bonchev–Trinajstić information content (AvgIpc) is 3.13. The standard InChI is InChI=1S/C21H24N6O4/c1-13-20(21(30)25-18-10-22-8-9-23-18)27-19(24-13)7-6-16(26-27)15-4-2-3-5-17(15)31-12-14(29)11-28/h2-10,14,18-19,23-24,28-29H,11-12H2,1H3,(H,25,30)/t14-,18?,19?/m1/s1. The Morgan fingerprint density at radius 1 is 1.39 bits per heavy atom. The zero-order chi connectivity index (χ0) is 21.8. The molecule has 3 aliphatic rings. The van der Waals surface area contributed by atoms with Crippen LogP contribution in [-0.2, 0) is 4.79 Å². The van der Waals surface area contributed by atoms with Gasteiger partial charge in [0.1, 0.15) is 36.5 Å². The molecule has 3 heterocycles. The van der Waals surface area contributed by atoms with Crippen LogP contribution in [0, 0.1) is 0 Å². The summed E-state index contributed by atoms with van der Waals surface area (Å²) in [6.45, 7) is 1.39. The van der Waals surface area contributed by atoms with Gasteiger partial charge in [-0.3, -0.25) is 9.79 Å². The molecule has 162 valence electrons. The van der Waals surface area contributed by atoms with Crippen molar-refractivity contribution in [1.82, 2.24) is 21.0 Å². The minimum atomic E-state index is -0.975. The van der Waals surface area contributed by atoms with Gasteiger partial charge < -0.3 is 30.9 Å². The number of allylic oxidation sites excluding steroid dienone is 2. The summed E-state index contributed by atoms with van der Waals surface area (Å²) in [6, 6.07) is 7.28. The summed E-state index contributed by atoms with van der Waals surface area (Å²) in [5.41, 5.74) is 2.42. The number of carbonyl (C=O) groups is 1. The summed E-state index contributed by atoms with van der Waals surface area (Å²) in [4.78, 5) is 17.0. The maximum Gasteiger partial charge on any atom is 0.273 e. The van der Waals surface area contributed by atoms with Crippen molar-refractivity contribution >= 4 is 17.8 Å². The molecule has 1 aromatic rings. The highest BCUT2D eigenvalue weighted by molar-refractivity contribution is 6.11. The summed E-state index contributed by atoms with van der Waals surface area (Å²) in [7, 11) is 0. The molecular weight excluding hydrogens is 400 g/mol. The van der Waals surface area contributed by atoms with Gasteiger partial charge in [-0.2, -0.15) is 5.10 Å². The highest BCUT2D eigenvalue weighted by Crippen LogP contribution is 2.28. The normalized spacial score (nSPS) is 22.4. The molecule has 10 nitrogen and oxygen atoms in total. The van der Waals surface area contributed by atoms with E-state index >= 15 is 0 Å². The Hall–Kier alpha value is -3.63. The average molecular weight is 424 g/mol. The number of hydrogen-bond acceptors (Lipinski definition) is 9. The smallest absolute Gasteiger partial charge is 0.273 e. The minimum Gasteiger partial charge on any atom is -0.490 e. The van der Waals surface area contributed by atoms with Gasteiger partial charge in [0.15, 0.2) is 0 Å². The van der Waals surface area contributed by atoms with Crippen molar-refractivity contribution in [3.63, 3.8) is 0 Å². The molecule has 0 radical (unpaired) electrons. The molecule has 0 aromatic heterocycles. The largest absolute Gasteiger partial charge is 0.490 e. The molecule has 5 N–H and O–H groups in total. The molecule has 0 bridgehead atoms. The molecule has 0 aliphatic carbocycles. The molecule has 0 fully saturated rings. The van der Waals surface area contributed by atoms with Gasteiger partial charge in [-0.15, -0.1) is 0 Å². The lowest BCUT2D eigenvalue weighted by Gasteiger charge is -2.27. The Labute approximate surface area is 179 Å². The van der Waals surface area contributed by atoms with Gasteiger partial charge in [0, 0.05) is 29.9 Å². The molecular formula is C21H24N6O4. The van der Waals surface area contributed by atoms with E-state index in [1.54, 1.807) is 29.7 Å². The van der Waals surface area contributed by atoms with Crippen molar-refractivity contribution < 1.29 is 19.7 Å². The van der Waals surface area contributed by atoms with Gasteiger partial charge in [-0.1, -0.05) is 12.1 Å². The van der Waals surface area contributed by atoms with E-state index in [0.29, 0.717) is 28.4 Å². The van der Waals surface area contributed by atoms with E-state index in [1.807, 2.05) is 37.3 Å². The third-order valence-electron chi connectivity index (χ3n) is 4.84. The molecule has 0 spiro atoms. The summed E-state index contributed by atoms with van der Waals surface area (Å²) in [6.07, 6.45) is 6.97. The van der Waals surface area contributed by atoms with E-state index in [1.165, 1.54) is 0 Å². The van der Waals surface area contributed by atoms with Gasteiger partial charge in [0.25, 0.3) is 5.91 Å². The van der Waals surface area contributed by atoms with Crippen molar-refractivity contribution in [2.24, 2.45) is 10.1 Å². The van der Waals surface area contributed by atoms with Crippen LogP contribution in [-0.4, -0.2) is 64.7 Å². The summed E-state index contributed by atoms with van der Waals surface area (Å²) < 4.78 is 5.67. The number of aliphatic hydroxyl groups excluding tert-OH is 2. The fourth-order valence-electron chi connectivity index (χ4n) is 3.35. The quantitative estimate of drug-likeness (QED) is 0.408. The van der Waals surface area contributed by atoms with E-state index in [0.717, 1.165) is 0 Å². The van der Waals surface area contributed by atoms with Gasteiger partial charge >= 0.3 is 0 Å². The van der Waals surface area contributed by atoms with E-state index in [9.17, 15) is 9.90 Å². The zero-order valence-corrected chi connectivity index (χ0v) is 16.9. The van der Waals surface area contributed by atoms with E-state index in [-0.39, 0.29) is 25.3 Å². The van der Waals surface area contributed by atoms with Crippen LogP contribution in [0.25, 0.3) is 0 Å². The minimum absolute atomic E-state index is 0.0462. The molecule has 1 amide bonds. The number of aliphatic hydroxyl groups is 2. The molecule has 1 aromatic carbocycles. The lowest BCUT2D eigenvalue weighted by atomic mass is 10.1. The van der Waals surface area contributed by atoms with Crippen LogP contribution in [0.1, 0.15) is 12.5 Å². The van der Waals surface area contributed by atoms with Crippen LogP contribution >= 0.6 is 0 Å². The maximum atomic E-state index is 13.0. The number of fused-ring (bicyclic) bond motifs is 1. The van der Waals surface area contributed by atoms with Crippen LogP contribution in [0.5, 0.6) is 5.75 Å². The fraction of sp³-hybridized carbons (Fsp3) is 0.286.